The quantitative estimate of drug-likeness (QED) is 0.265. The number of thiazole rings is 1. The minimum absolute atomic E-state index is 0. The van der Waals surface area contributed by atoms with Crippen molar-refractivity contribution in [2.75, 3.05) is 11.9 Å². The van der Waals surface area contributed by atoms with Crippen LogP contribution in [-0.4, -0.2) is 33.3 Å². The number of benzene rings is 1. The molecule has 8 nitrogen and oxygen atoms in total. The lowest BCUT2D eigenvalue weighted by molar-refractivity contribution is -0.402. The summed E-state index contributed by atoms with van der Waals surface area (Å²) in [5, 5.41) is 15.4. The molecule has 1 amide bonds. The molecule has 11 heteroatoms. The molecule has 1 aliphatic heterocycles. The average molecular weight is 505 g/mol. The highest BCUT2D eigenvalue weighted by molar-refractivity contribution is 7.23. The van der Waals surface area contributed by atoms with Crippen LogP contribution in [0.1, 0.15) is 34.8 Å². The van der Waals surface area contributed by atoms with Gasteiger partial charge in [-0.05, 0) is 44.0 Å². The molecule has 1 aromatic carbocycles. The Bertz CT molecular complexity index is 1310. The van der Waals surface area contributed by atoms with Crippen molar-refractivity contribution in [3.63, 3.8) is 0 Å². The summed E-state index contributed by atoms with van der Waals surface area (Å²) >= 11 is 3.14. The predicted octanol–water partition coefficient (Wildman–Crippen LogP) is 5.97. The number of amides is 1. The lowest BCUT2D eigenvalue weighted by Crippen LogP contribution is -2.35. The number of hydrogen-bond acceptors (Lipinski definition) is 8. The largest absolute Gasteiger partial charge is 0.433 e. The summed E-state index contributed by atoms with van der Waals surface area (Å²) in [6.45, 7) is 6.12. The summed E-state index contributed by atoms with van der Waals surface area (Å²) < 4.78 is 6.18. The van der Waals surface area contributed by atoms with Crippen LogP contribution in [0.2, 0.25) is 0 Å². The zero-order valence-corrected chi connectivity index (χ0v) is 20.3. The maximum atomic E-state index is 12.8. The number of nitrogens with one attached hydrogen (secondary N) is 1. The number of para-hydroxylation sites is 1. The SMILES string of the molecule is CC(C)N1CCc2c(sc(NC(=O)c3ccc([N+](=O)[O-])o3)c2-c2nc3ccccc3s2)C1.Cl. The maximum Gasteiger partial charge on any atom is 0.433 e. The molecule has 0 saturated carbocycles. The number of fused-ring (bicyclic) bond motifs is 2. The third-order valence-electron chi connectivity index (χ3n) is 5.55. The second-order valence-corrected chi connectivity index (χ2v) is 9.99. The van der Waals surface area contributed by atoms with Crippen LogP contribution in [0.25, 0.3) is 20.8 Å². The fourth-order valence-electron chi connectivity index (χ4n) is 3.87. The van der Waals surface area contributed by atoms with E-state index in [0.717, 1.165) is 40.3 Å². The second-order valence-electron chi connectivity index (χ2n) is 7.86. The molecule has 0 fully saturated rings. The van der Waals surface area contributed by atoms with Gasteiger partial charge in [-0.1, -0.05) is 12.1 Å². The van der Waals surface area contributed by atoms with Gasteiger partial charge < -0.3 is 9.73 Å². The lowest BCUT2D eigenvalue weighted by atomic mass is 10.0. The number of hydrogen-bond donors (Lipinski definition) is 1. The highest BCUT2D eigenvalue weighted by Crippen LogP contribution is 2.46. The van der Waals surface area contributed by atoms with Gasteiger partial charge in [0, 0.05) is 29.6 Å². The van der Waals surface area contributed by atoms with Gasteiger partial charge in [0.05, 0.1) is 16.3 Å². The molecule has 0 radical (unpaired) electrons. The first-order valence-corrected chi connectivity index (χ1v) is 11.8. The van der Waals surface area contributed by atoms with Crippen molar-refractivity contribution in [2.24, 2.45) is 0 Å². The summed E-state index contributed by atoms with van der Waals surface area (Å²) in [6.07, 6.45) is 0.872. The van der Waals surface area contributed by atoms with Crippen LogP contribution in [0.15, 0.2) is 40.8 Å². The number of nitro groups is 1. The molecule has 1 N–H and O–H groups in total. The number of furan rings is 1. The first-order chi connectivity index (χ1) is 15.4. The van der Waals surface area contributed by atoms with Gasteiger partial charge >= 0.3 is 5.88 Å². The first kappa shape index (κ1) is 23.4. The summed E-state index contributed by atoms with van der Waals surface area (Å²) in [5.41, 5.74) is 3.08. The van der Waals surface area contributed by atoms with Gasteiger partial charge in [-0.25, -0.2) is 4.98 Å². The summed E-state index contributed by atoms with van der Waals surface area (Å²) in [5.74, 6) is -1.07. The van der Waals surface area contributed by atoms with Crippen LogP contribution < -0.4 is 5.32 Å². The van der Waals surface area contributed by atoms with E-state index < -0.39 is 16.7 Å². The molecule has 0 saturated heterocycles. The smallest absolute Gasteiger partial charge is 0.395 e. The number of nitrogens with zero attached hydrogens (tertiary/aromatic N) is 3. The standard InChI is InChI=1S/C22H20N4O4S2.ClH/c1-12(2)25-10-9-13-17(11-25)32-22(24-20(27)15-7-8-18(30-15)26(28)29)19(13)21-23-14-5-3-4-6-16(14)31-21;/h3-8,12H,9-11H2,1-2H3,(H,24,27);1H. The molecule has 0 unspecified atom stereocenters. The van der Waals surface area contributed by atoms with Crippen molar-refractivity contribution in [3.8, 4) is 10.6 Å². The number of aromatic nitrogens is 1. The monoisotopic (exact) mass is 504 g/mol. The van der Waals surface area contributed by atoms with Crippen molar-refractivity contribution in [2.45, 2.75) is 32.9 Å². The Hall–Kier alpha value is -2.79. The summed E-state index contributed by atoms with van der Waals surface area (Å²) in [4.78, 5) is 31.5. The summed E-state index contributed by atoms with van der Waals surface area (Å²) in [7, 11) is 0. The summed E-state index contributed by atoms with van der Waals surface area (Å²) in [6, 6.07) is 10.9. The van der Waals surface area contributed by atoms with E-state index in [0.29, 0.717) is 11.0 Å². The van der Waals surface area contributed by atoms with Crippen LogP contribution in [0, 0.1) is 10.1 Å². The van der Waals surface area contributed by atoms with Gasteiger partial charge in [-0.3, -0.25) is 19.8 Å². The molecular formula is C22H21ClN4O4S2. The Morgan fingerprint density at radius 2 is 2.03 bits per heavy atom. The molecule has 0 bridgehead atoms. The molecule has 1 aliphatic rings. The maximum absolute atomic E-state index is 12.8. The van der Waals surface area contributed by atoms with Crippen molar-refractivity contribution in [3.05, 3.63) is 62.7 Å². The van der Waals surface area contributed by atoms with E-state index in [-0.39, 0.29) is 18.2 Å². The predicted molar refractivity (Wildman–Crippen MR) is 133 cm³/mol. The van der Waals surface area contributed by atoms with Gasteiger partial charge in [-0.15, -0.1) is 35.1 Å². The molecule has 4 heterocycles. The topological polar surface area (TPSA) is 102 Å². The minimum Gasteiger partial charge on any atom is -0.395 e. The molecule has 0 atom stereocenters. The molecule has 3 aromatic heterocycles. The van der Waals surface area contributed by atoms with Crippen molar-refractivity contribution >= 4 is 62.1 Å². The Labute approximate surface area is 203 Å². The number of carbonyl (C=O) groups excluding carboxylic acids is 1. The van der Waals surface area contributed by atoms with E-state index in [9.17, 15) is 14.9 Å². The van der Waals surface area contributed by atoms with Gasteiger partial charge in [0.15, 0.2) is 5.76 Å². The normalized spacial score (nSPS) is 13.7. The van der Waals surface area contributed by atoms with E-state index in [1.54, 1.807) is 22.7 Å². The minimum atomic E-state index is -0.659. The van der Waals surface area contributed by atoms with Crippen LogP contribution in [0.3, 0.4) is 0 Å². The van der Waals surface area contributed by atoms with E-state index in [2.05, 4.69) is 24.1 Å². The number of halogens is 1. The van der Waals surface area contributed by atoms with Crippen LogP contribution in [0.5, 0.6) is 0 Å². The lowest BCUT2D eigenvalue weighted by Gasteiger charge is -2.30. The van der Waals surface area contributed by atoms with Crippen LogP contribution >= 0.6 is 35.1 Å². The number of carbonyl (C=O) groups is 1. The zero-order chi connectivity index (χ0) is 22.4. The third kappa shape index (κ3) is 4.39. The molecule has 5 rings (SSSR count). The molecule has 0 spiro atoms. The average Bonchev–Trinajstić information content (AvgIpc) is 3.48. The fourth-order valence-corrected chi connectivity index (χ4v) is 6.25. The highest BCUT2D eigenvalue weighted by atomic mass is 35.5. The molecule has 33 heavy (non-hydrogen) atoms. The first-order valence-electron chi connectivity index (χ1n) is 10.2. The molecule has 4 aromatic rings. The Kier molecular flexibility index (Phi) is 6.53. The Morgan fingerprint density at radius 3 is 2.73 bits per heavy atom. The molecule has 172 valence electrons. The second kappa shape index (κ2) is 9.22. The van der Waals surface area contributed by atoms with E-state index in [4.69, 9.17) is 9.40 Å². The number of anilines is 1. The van der Waals surface area contributed by atoms with Crippen molar-refractivity contribution < 1.29 is 14.1 Å². The van der Waals surface area contributed by atoms with E-state index in [1.807, 2.05) is 24.3 Å². The van der Waals surface area contributed by atoms with Crippen LogP contribution in [0.4, 0.5) is 10.9 Å². The molecular weight excluding hydrogens is 484 g/mol. The van der Waals surface area contributed by atoms with E-state index in [1.165, 1.54) is 22.6 Å². The van der Waals surface area contributed by atoms with E-state index >= 15 is 0 Å². The fraction of sp³-hybridized carbons (Fsp3) is 0.273. The zero-order valence-electron chi connectivity index (χ0n) is 17.9. The Morgan fingerprint density at radius 1 is 1.24 bits per heavy atom. The van der Waals surface area contributed by atoms with Gasteiger partial charge in [0.25, 0.3) is 5.91 Å². The van der Waals surface area contributed by atoms with Gasteiger partial charge in [0.2, 0.25) is 0 Å². The number of thiophene rings is 1. The van der Waals surface area contributed by atoms with Gasteiger partial charge in [-0.2, -0.15) is 0 Å². The van der Waals surface area contributed by atoms with Crippen molar-refractivity contribution in [1.82, 2.24) is 9.88 Å². The molecule has 0 aliphatic carbocycles. The van der Waals surface area contributed by atoms with Crippen molar-refractivity contribution in [1.29, 1.82) is 0 Å². The number of rotatable bonds is 5. The van der Waals surface area contributed by atoms with Crippen LogP contribution in [-0.2, 0) is 13.0 Å². The highest BCUT2D eigenvalue weighted by Gasteiger charge is 2.29. The Balaban J connectivity index is 0.00000259. The van der Waals surface area contributed by atoms with Gasteiger partial charge in [0.1, 0.15) is 14.9 Å². The third-order valence-corrected chi connectivity index (χ3v) is 7.73.